The lowest BCUT2D eigenvalue weighted by Gasteiger charge is -2.24. The third kappa shape index (κ3) is 13.8. The van der Waals surface area contributed by atoms with Gasteiger partial charge in [0.05, 0.1) is 48.3 Å². The maximum absolute atomic E-state index is 11.7. The second-order valence-corrected chi connectivity index (χ2v) is 14.0. The zero-order chi connectivity index (χ0) is 31.6. The fourth-order valence-corrected chi connectivity index (χ4v) is 7.27. The molecule has 44 heavy (non-hydrogen) atoms. The number of cyclic esters (lactones) is 1. The van der Waals surface area contributed by atoms with E-state index in [2.05, 4.69) is 6.92 Å². The molecule has 0 saturated carbocycles. The minimum Gasteiger partial charge on any atom is -0.455 e. The number of hydrogen-bond acceptors (Lipinski definition) is 7. The van der Waals surface area contributed by atoms with Gasteiger partial charge in [-0.25, -0.2) is 4.79 Å². The standard InChI is InChI=1S/C37H66O7/c1-3-4-5-6-7-11-15-18-21-31(39)33-23-25-35(43-33)36-26-24-34(44-36)32(40)22-19-16-13-10-8-9-12-14-17-20-30(38)29-27-28(2)42-37(29)41/h27-28,30-36,38-40H,3-26H2,1-2H3/t28-,30-,31+,32-,33+,34+,35-,36-/m1/s1. The summed E-state index contributed by atoms with van der Waals surface area (Å²) in [7, 11) is 0. The summed E-state index contributed by atoms with van der Waals surface area (Å²) in [5, 5.41) is 31.6. The average molecular weight is 623 g/mol. The summed E-state index contributed by atoms with van der Waals surface area (Å²) in [4.78, 5) is 11.7. The Morgan fingerprint density at radius 3 is 1.45 bits per heavy atom. The van der Waals surface area contributed by atoms with Crippen LogP contribution in [0.2, 0.25) is 0 Å². The number of rotatable bonds is 25. The fraction of sp³-hybridized carbons (Fsp3) is 0.919. The van der Waals surface area contributed by atoms with E-state index in [1.165, 1.54) is 70.6 Å². The SMILES string of the molecule is CCCCCCCCCC[C@H](O)[C@@H]1CC[C@H]([C@H]2CC[C@@H]([C@H](O)CCCCCCCCCCC[C@@H](O)C3=C[C@@H](C)OC3=O)O2)O1. The third-order valence-corrected chi connectivity index (χ3v) is 10.1. The Morgan fingerprint density at radius 2 is 1.05 bits per heavy atom. The monoisotopic (exact) mass is 622 g/mol. The number of unbranched alkanes of at least 4 members (excludes halogenated alkanes) is 15. The normalized spacial score (nSPS) is 27.4. The number of carbonyl (C=O) groups excluding carboxylic acids is 1. The molecule has 8 atom stereocenters. The molecule has 0 bridgehead atoms. The van der Waals surface area contributed by atoms with Crippen molar-refractivity contribution < 1.29 is 34.3 Å². The van der Waals surface area contributed by atoms with Crippen molar-refractivity contribution in [2.24, 2.45) is 0 Å². The van der Waals surface area contributed by atoms with E-state index in [1.54, 1.807) is 6.08 Å². The molecule has 0 spiro atoms. The van der Waals surface area contributed by atoms with E-state index in [0.717, 1.165) is 77.0 Å². The second-order valence-electron chi connectivity index (χ2n) is 14.0. The van der Waals surface area contributed by atoms with Gasteiger partial charge in [0.25, 0.3) is 0 Å². The van der Waals surface area contributed by atoms with Crippen molar-refractivity contribution in [3.05, 3.63) is 11.6 Å². The van der Waals surface area contributed by atoms with Crippen LogP contribution in [0.25, 0.3) is 0 Å². The molecule has 2 saturated heterocycles. The highest BCUT2D eigenvalue weighted by atomic mass is 16.6. The summed E-state index contributed by atoms with van der Waals surface area (Å²) in [6.45, 7) is 4.06. The molecule has 7 nitrogen and oxygen atoms in total. The molecule has 3 rings (SSSR count). The zero-order valence-corrected chi connectivity index (χ0v) is 28.1. The van der Waals surface area contributed by atoms with Gasteiger partial charge in [0.2, 0.25) is 0 Å². The van der Waals surface area contributed by atoms with Crippen molar-refractivity contribution in [3.63, 3.8) is 0 Å². The first-order valence-electron chi connectivity index (χ1n) is 18.7. The highest BCUT2D eigenvalue weighted by Gasteiger charge is 2.40. The highest BCUT2D eigenvalue weighted by Crippen LogP contribution is 2.34. The molecule has 3 aliphatic rings. The predicted octanol–water partition coefficient (Wildman–Crippen LogP) is 7.86. The van der Waals surface area contributed by atoms with Gasteiger partial charge < -0.3 is 29.5 Å². The molecule has 0 aromatic carbocycles. The molecule has 7 heteroatoms. The van der Waals surface area contributed by atoms with E-state index in [4.69, 9.17) is 14.2 Å². The van der Waals surface area contributed by atoms with Crippen LogP contribution in [0.1, 0.15) is 168 Å². The smallest absolute Gasteiger partial charge is 0.337 e. The van der Waals surface area contributed by atoms with Crippen molar-refractivity contribution in [1.29, 1.82) is 0 Å². The number of carbonyl (C=O) groups is 1. The second kappa shape index (κ2) is 21.7. The van der Waals surface area contributed by atoms with Gasteiger partial charge in [-0.3, -0.25) is 0 Å². The van der Waals surface area contributed by atoms with Crippen LogP contribution in [-0.2, 0) is 19.0 Å². The summed E-state index contributed by atoms with van der Waals surface area (Å²) in [5.74, 6) is -0.370. The Labute approximate surface area is 268 Å². The van der Waals surface area contributed by atoms with Crippen LogP contribution in [0.3, 0.4) is 0 Å². The molecule has 0 amide bonds. The van der Waals surface area contributed by atoms with Gasteiger partial charge in [-0.2, -0.15) is 0 Å². The summed E-state index contributed by atoms with van der Waals surface area (Å²) in [6, 6.07) is 0. The molecule has 3 N–H and O–H groups in total. The molecular formula is C37H66O7. The van der Waals surface area contributed by atoms with E-state index in [-0.39, 0.29) is 42.6 Å². The van der Waals surface area contributed by atoms with Gasteiger partial charge in [0, 0.05) is 0 Å². The first-order chi connectivity index (χ1) is 21.4. The minimum absolute atomic E-state index is 0.0539. The van der Waals surface area contributed by atoms with Crippen LogP contribution in [-0.4, -0.2) is 70.1 Å². The third-order valence-electron chi connectivity index (χ3n) is 10.1. The number of hydrogen-bond donors (Lipinski definition) is 3. The van der Waals surface area contributed by atoms with Crippen molar-refractivity contribution in [2.45, 2.75) is 217 Å². The van der Waals surface area contributed by atoms with E-state index < -0.39 is 12.2 Å². The zero-order valence-electron chi connectivity index (χ0n) is 28.1. The Balaban J connectivity index is 1.13. The summed E-state index contributed by atoms with van der Waals surface area (Å²) in [5.41, 5.74) is 0.429. The lowest BCUT2D eigenvalue weighted by atomic mass is 10.00. The maximum Gasteiger partial charge on any atom is 0.337 e. The molecule has 3 heterocycles. The molecule has 0 unspecified atom stereocenters. The topological polar surface area (TPSA) is 105 Å². The first-order valence-corrected chi connectivity index (χ1v) is 18.7. The van der Waals surface area contributed by atoms with Crippen LogP contribution in [0.5, 0.6) is 0 Å². The van der Waals surface area contributed by atoms with E-state index >= 15 is 0 Å². The first kappa shape index (κ1) is 37.5. The molecule has 2 fully saturated rings. The van der Waals surface area contributed by atoms with Gasteiger partial charge in [-0.15, -0.1) is 0 Å². The molecule has 0 aromatic rings. The lowest BCUT2D eigenvalue weighted by Crippen LogP contribution is -2.33. The Morgan fingerprint density at radius 1 is 0.636 bits per heavy atom. The minimum atomic E-state index is -0.694. The van der Waals surface area contributed by atoms with Crippen LogP contribution in [0.15, 0.2) is 11.6 Å². The van der Waals surface area contributed by atoms with Crippen molar-refractivity contribution in [3.8, 4) is 0 Å². The highest BCUT2D eigenvalue weighted by molar-refractivity contribution is 5.91. The van der Waals surface area contributed by atoms with E-state index in [9.17, 15) is 20.1 Å². The van der Waals surface area contributed by atoms with Crippen molar-refractivity contribution in [1.82, 2.24) is 0 Å². The van der Waals surface area contributed by atoms with Crippen LogP contribution in [0, 0.1) is 0 Å². The number of aliphatic hydroxyl groups excluding tert-OH is 3. The summed E-state index contributed by atoms with van der Waals surface area (Å²) < 4.78 is 17.6. The summed E-state index contributed by atoms with van der Waals surface area (Å²) >= 11 is 0. The Kier molecular flexibility index (Phi) is 18.5. The molecule has 3 aliphatic heterocycles. The molecular weight excluding hydrogens is 556 g/mol. The molecule has 0 radical (unpaired) electrons. The number of ether oxygens (including phenoxy) is 3. The molecule has 0 aliphatic carbocycles. The van der Waals surface area contributed by atoms with Crippen molar-refractivity contribution in [2.75, 3.05) is 0 Å². The van der Waals surface area contributed by atoms with Crippen molar-refractivity contribution >= 4 is 5.97 Å². The molecule has 256 valence electrons. The van der Waals surface area contributed by atoms with Gasteiger partial charge >= 0.3 is 5.97 Å². The summed E-state index contributed by atoms with van der Waals surface area (Å²) in [6.07, 6.45) is 26.4. The lowest BCUT2D eigenvalue weighted by molar-refractivity contribution is -0.139. The average Bonchev–Trinajstić information content (AvgIpc) is 3.77. The van der Waals surface area contributed by atoms with E-state index in [1.807, 2.05) is 6.92 Å². The fourth-order valence-electron chi connectivity index (χ4n) is 7.27. The van der Waals surface area contributed by atoms with Crippen LogP contribution in [0.4, 0.5) is 0 Å². The van der Waals surface area contributed by atoms with Gasteiger partial charge in [0.1, 0.15) is 6.10 Å². The Bertz CT molecular complexity index is 801. The number of esters is 1. The largest absolute Gasteiger partial charge is 0.455 e. The van der Waals surface area contributed by atoms with Crippen LogP contribution < -0.4 is 0 Å². The van der Waals surface area contributed by atoms with Gasteiger partial charge in [0.15, 0.2) is 0 Å². The predicted molar refractivity (Wildman–Crippen MR) is 175 cm³/mol. The number of aliphatic hydroxyl groups is 3. The molecule has 0 aromatic heterocycles. The maximum atomic E-state index is 11.7. The Hall–Kier alpha value is -0.990. The van der Waals surface area contributed by atoms with Gasteiger partial charge in [-0.05, 0) is 57.9 Å². The van der Waals surface area contributed by atoms with Crippen LogP contribution >= 0.6 is 0 Å². The quantitative estimate of drug-likeness (QED) is 0.0703. The van der Waals surface area contributed by atoms with E-state index in [0.29, 0.717) is 12.0 Å². The van der Waals surface area contributed by atoms with Gasteiger partial charge in [-0.1, -0.05) is 116 Å².